The van der Waals surface area contributed by atoms with Crippen LogP contribution in [0.1, 0.15) is 201 Å². The number of unbranched alkanes of at least 4 members (excludes halogenated alkanes) is 16. The molecule has 0 fully saturated rings. The van der Waals surface area contributed by atoms with E-state index in [1.807, 2.05) is 7.05 Å². The fraction of sp³-hybridized carbons (Fsp3) is 0.935. The fourth-order valence-electron chi connectivity index (χ4n) is 7.10. The Morgan fingerprint density at radius 2 is 0.963 bits per heavy atom. The SMILES string of the molecule is CCCCCCCCC(CCCCCC)COC(=O)CCN(CCCOC(=O)C(CCCCCC)CCCCCCCC)C(=O)CCN(C)CCN(C)C. The van der Waals surface area contributed by atoms with Crippen molar-refractivity contribution in [3.05, 3.63) is 0 Å². The van der Waals surface area contributed by atoms with Crippen molar-refractivity contribution in [2.45, 2.75) is 201 Å². The molecule has 0 radical (unpaired) electrons. The van der Waals surface area contributed by atoms with E-state index in [0.29, 0.717) is 51.6 Å². The number of carbonyl (C=O) groups is 3. The highest BCUT2D eigenvalue weighted by Gasteiger charge is 2.21. The highest BCUT2D eigenvalue weighted by molar-refractivity contribution is 5.77. The molecule has 320 valence electrons. The van der Waals surface area contributed by atoms with Gasteiger partial charge in [0.05, 0.1) is 25.6 Å². The van der Waals surface area contributed by atoms with Gasteiger partial charge in [-0.2, -0.15) is 0 Å². The van der Waals surface area contributed by atoms with Crippen LogP contribution in [0.15, 0.2) is 0 Å². The maximum absolute atomic E-state index is 13.5. The third kappa shape index (κ3) is 32.6. The minimum absolute atomic E-state index is 0.0326. The van der Waals surface area contributed by atoms with E-state index < -0.39 is 0 Å². The number of carbonyl (C=O) groups excluding carboxylic acids is 3. The molecular weight excluding hydrogens is 675 g/mol. The van der Waals surface area contributed by atoms with Gasteiger partial charge in [-0.15, -0.1) is 0 Å². The standard InChI is InChI=1S/C46H91N3O5/c1-8-12-16-20-22-25-30-42(29-24-18-14-10-3)41-54-45(51)34-37-49(44(50)33-36-48(7)39-38-47(5)6)35-28-40-53-46(52)43(31-26-19-15-11-4)32-27-23-21-17-13-9-2/h42-43H,8-41H2,1-7H3. The van der Waals surface area contributed by atoms with Gasteiger partial charge in [0, 0.05) is 39.1 Å². The summed E-state index contributed by atoms with van der Waals surface area (Å²) in [6.07, 6.45) is 29.7. The predicted molar refractivity (Wildman–Crippen MR) is 229 cm³/mol. The van der Waals surface area contributed by atoms with Crippen molar-refractivity contribution < 1.29 is 23.9 Å². The van der Waals surface area contributed by atoms with E-state index in [-0.39, 0.29) is 30.2 Å². The number of likely N-dealkylation sites (N-methyl/N-ethyl adjacent to an activating group) is 2. The van der Waals surface area contributed by atoms with Gasteiger partial charge in [-0.3, -0.25) is 14.4 Å². The van der Waals surface area contributed by atoms with Gasteiger partial charge >= 0.3 is 11.9 Å². The number of ether oxygens (including phenoxy) is 2. The second-order valence-corrected chi connectivity index (χ2v) is 16.6. The average Bonchev–Trinajstić information content (AvgIpc) is 3.16. The lowest BCUT2D eigenvalue weighted by Gasteiger charge is -2.25. The van der Waals surface area contributed by atoms with Crippen molar-refractivity contribution in [3.63, 3.8) is 0 Å². The molecule has 0 heterocycles. The molecule has 0 aliphatic heterocycles. The molecule has 0 spiro atoms. The van der Waals surface area contributed by atoms with Crippen LogP contribution in [-0.4, -0.2) is 99.6 Å². The largest absolute Gasteiger partial charge is 0.465 e. The number of amides is 1. The van der Waals surface area contributed by atoms with E-state index in [0.717, 1.165) is 51.6 Å². The summed E-state index contributed by atoms with van der Waals surface area (Å²) in [5.74, 6) is 0.131. The van der Waals surface area contributed by atoms with Crippen LogP contribution in [0.4, 0.5) is 0 Å². The van der Waals surface area contributed by atoms with Crippen molar-refractivity contribution in [1.82, 2.24) is 14.7 Å². The first kappa shape index (κ1) is 52.3. The molecular formula is C46H91N3O5. The van der Waals surface area contributed by atoms with Crippen molar-refractivity contribution in [1.29, 1.82) is 0 Å². The monoisotopic (exact) mass is 766 g/mol. The highest BCUT2D eigenvalue weighted by Crippen LogP contribution is 2.22. The van der Waals surface area contributed by atoms with Crippen LogP contribution in [0.25, 0.3) is 0 Å². The first-order chi connectivity index (χ1) is 26.2. The first-order valence-electron chi connectivity index (χ1n) is 23.1. The first-order valence-corrected chi connectivity index (χ1v) is 23.1. The number of hydrogen-bond donors (Lipinski definition) is 0. The molecule has 0 saturated carbocycles. The van der Waals surface area contributed by atoms with E-state index >= 15 is 0 Å². The van der Waals surface area contributed by atoms with Gasteiger partial charge < -0.3 is 24.2 Å². The van der Waals surface area contributed by atoms with E-state index in [1.54, 1.807) is 4.90 Å². The summed E-state index contributed by atoms with van der Waals surface area (Å²) < 4.78 is 11.7. The Morgan fingerprint density at radius 3 is 1.48 bits per heavy atom. The molecule has 0 aliphatic rings. The lowest BCUT2D eigenvalue weighted by Crippen LogP contribution is -2.37. The van der Waals surface area contributed by atoms with E-state index in [2.05, 4.69) is 51.6 Å². The van der Waals surface area contributed by atoms with Crippen LogP contribution in [0.3, 0.4) is 0 Å². The smallest absolute Gasteiger partial charge is 0.308 e. The maximum atomic E-state index is 13.5. The molecule has 0 aromatic heterocycles. The van der Waals surface area contributed by atoms with Crippen LogP contribution in [0, 0.1) is 11.8 Å². The molecule has 0 rings (SSSR count). The number of rotatable bonds is 40. The Balaban J connectivity index is 5.19. The lowest BCUT2D eigenvalue weighted by molar-refractivity contribution is -0.149. The molecule has 0 aromatic carbocycles. The van der Waals surface area contributed by atoms with Crippen LogP contribution in [-0.2, 0) is 23.9 Å². The number of hydrogen-bond acceptors (Lipinski definition) is 7. The third-order valence-electron chi connectivity index (χ3n) is 10.9. The maximum Gasteiger partial charge on any atom is 0.308 e. The van der Waals surface area contributed by atoms with Crippen LogP contribution >= 0.6 is 0 Å². The molecule has 2 atom stereocenters. The Labute approximate surface area is 335 Å². The molecule has 2 unspecified atom stereocenters. The van der Waals surface area contributed by atoms with Gasteiger partial charge in [0.25, 0.3) is 0 Å². The minimum Gasteiger partial charge on any atom is -0.465 e. The summed E-state index contributed by atoms with van der Waals surface area (Å²) in [6.45, 7) is 13.0. The summed E-state index contributed by atoms with van der Waals surface area (Å²) in [4.78, 5) is 45.9. The van der Waals surface area contributed by atoms with Gasteiger partial charge in [0.2, 0.25) is 5.91 Å². The molecule has 0 bridgehead atoms. The summed E-state index contributed by atoms with van der Waals surface area (Å²) in [5.41, 5.74) is 0. The predicted octanol–water partition coefficient (Wildman–Crippen LogP) is 11.2. The third-order valence-corrected chi connectivity index (χ3v) is 10.9. The lowest BCUT2D eigenvalue weighted by atomic mass is 9.94. The Hall–Kier alpha value is -1.67. The van der Waals surface area contributed by atoms with Crippen molar-refractivity contribution in [2.75, 3.05) is 67.1 Å². The fourth-order valence-corrected chi connectivity index (χ4v) is 7.10. The average molecular weight is 766 g/mol. The van der Waals surface area contributed by atoms with E-state index in [4.69, 9.17) is 9.47 Å². The van der Waals surface area contributed by atoms with Gasteiger partial charge in [-0.05, 0) is 59.2 Å². The normalized spacial score (nSPS) is 12.7. The second-order valence-electron chi connectivity index (χ2n) is 16.6. The molecule has 0 saturated heterocycles. The zero-order chi connectivity index (χ0) is 40.1. The number of esters is 2. The van der Waals surface area contributed by atoms with Crippen molar-refractivity contribution >= 4 is 17.8 Å². The number of nitrogens with zero attached hydrogens (tertiary/aromatic N) is 3. The Morgan fingerprint density at radius 1 is 0.481 bits per heavy atom. The second kappa shape index (κ2) is 38.2. The van der Waals surface area contributed by atoms with E-state index in [9.17, 15) is 14.4 Å². The molecule has 8 heteroatoms. The minimum atomic E-state index is -0.218. The van der Waals surface area contributed by atoms with Gasteiger partial charge in [0.1, 0.15) is 0 Å². The zero-order valence-corrected chi connectivity index (χ0v) is 37.1. The summed E-state index contributed by atoms with van der Waals surface area (Å²) in [7, 11) is 6.16. The summed E-state index contributed by atoms with van der Waals surface area (Å²) in [5, 5.41) is 0. The van der Waals surface area contributed by atoms with Crippen molar-refractivity contribution in [3.8, 4) is 0 Å². The van der Waals surface area contributed by atoms with E-state index in [1.165, 1.54) is 116 Å². The summed E-state index contributed by atoms with van der Waals surface area (Å²) in [6, 6.07) is 0. The molecule has 0 N–H and O–H groups in total. The molecule has 8 nitrogen and oxygen atoms in total. The zero-order valence-electron chi connectivity index (χ0n) is 37.1. The quantitative estimate of drug-likeness (QED) is 0.0454. The molecule has 0 aromatic rings. The van der Waals surface area contributed by atoms with Crippen molar-refractivity contribution in [2.24, 2.45) is 11.8 Å². The van der Waals surface area contributed by atoms with Crippen LogP contribution in [0.2, 0.25) is 0 Å². The van der Waals surface area contributed by atoms with Gasteiger partial charge in [0.15, 0.2) is 0 Å². The van der Waals surface area contributed by atoms with Crippen LogP contribution < -0.4 is 0 Å². The van der Waals surface area contributed by atoms with Crippen LogP contribution in [0.5, 0.6) is 0 Å². The molecule has 1 amide bonds. The highest BCUT2D eigenvalue weighted by atomic mass is 16.5. The summed E-state index contributed by atoms with van der Waals surface area (Å²) >= 11 is 0. The van der Waals surface area contributed by atoms with Gasteiger partial charge in [-0.25, -0.2) is 0 Å². The molecule has 0 aliphatic carbocycles. The Kier molecular flexibility index (Phi) is 37.0. The Bertz CT molecular complexity index is 869. The topological polar surface area (TPSA) is 79.4 Å². The molecule has 54 heavy (non-hydrogen) atoms. The van der Waals surface area contributed by atoms with Gasteiger partial charge in [-0.1, -0.05) is 156 Å².